The van der Waals surface area contributed by atoms with Gasteiger partial charge in [-0.05, 0) is 0 Å². The van der Waals surface area contributed by atoms with Gasteiger partial charge in [0.2, 0.25) is 5.78 Å². The molecule has 0 spiro atoms. The smallest absolute Gasteiger partial charge is 1.00 e. The van der Waals surface area contributed by atoms with E-state index in [4.69, 9.17) is 0 Å². The first-order valence-electron chi connectivity index (χ1n) is 2.30. The molecule has 0 saturated carbocycles. The monoisotopic (exact) mass is 141 g/mol. The number of hydrogen-bond donors (Lipinski definition) is 0. The fourth-order valence-corrected chi connectivity index (χ4v) is 0.256. The van der Waals surface area contributed by atoms with Crippen LogP contribution in [0, 0.1) is 10.1 Å². The molecule has 0 aliphatic rings. The fraction of sp³-hybridized carbons (Fsp3) is 0.750. The fourth-order valence-electron chi connectivity index (χ4n) is 0.256. The van der Waals surface area contributed by atoms with Crippen molar-refractivity contribution in [2.45, 2.75) is 13.3 Å². The van der Waals surface area contributed by atoms with Gasteiger partial charge in [-0.2, -0.15) is 0 Å². The molecule has 0 unspecified atom stereocenters. The molecule has 4 nitrogen and oxygen atoms in total. The van der Waals surface area contributed by atoms with E-state index in [-0.39, 0.29) is 43.2 Å². The van der Waals surface area contributed by atoms with E-state index in [2.05, 4.69) is 0 Å². The summed E-state index contributed by atoms with van der Waals surface area (Å²) in [5, 5.41) is 9.55. The van der Waals surface area contributed by atoms with Crippen LogP contribution in [0.4, 0.5) is 0 Å². The van der Waals surface area contributed by atoms with Crippen LogP contribution in [-0.4, -0.2) is 17.3 Å². The van der Waals surface area contributed by atoms with Gasteiger partial charge < -0.3 is 1.43 Å². The molecule has 0 rings (SSSR count). The molecule has 48 valence electrons. The largest absolute Gasteiger partial charge is 1.00 e. The molecule has 0 aromatic carbocycles. The van der Waals surface area contributed by atoms with E-state index >= 15 is 0 Å². The molecule has 0 radical (unpaired) electrons. The van der Waals surface area contributed by atoms with Gasteiger partial charge in [-0.25, -0.2) is 0 Å². The van der Waals surface area contributed by atoms with Gasteiger partial charge in [0.05, 0.1) is 0 Å². The molecule has 0 aliphatic heterocycles. The number of nitro groups is 1. The van der Waals surface area contributed by atoms with Crippen molar-refractivity contribution in [3.05, 3.63) is 10.1 Å². The zero-order valence-electron chi connectivity index (χ0n) is 6.59. The number of hydrogen-bond acceptors (Lipinski definition) is 3. The van der Waals surface area contributed by atoms with Crippen LogP contribution in [0.3, 0.4) is 0 Å². The van der Waals surface area contributed by atoms with Gasteiger partial charge in [0, 0.05) is 11.3 Å². The molecule has 0 aromatic rings. The Bertz CT molecular complexity index is 119. The van der Waals surface area contributed by atoms with Crippen molar-refractivity contribution >= 4 is 5.78 Å². The molecule has 0 fully saturated rings. The Morgan fingerprint density at radius 1 is 1.78 bits per heavy atom. The molecular weight excluding hydrogens is 133 g/mol. The molecule has 0 bridgehead atoms. The molecule has 5 heteroatoms. The van der Waals surface area contributed by atoms with E-state index in [9.17, 15) is 14.9 Å². The number of nitrogens with zero attached hydrogens (tertiary/aromatic N) is 1. The molecule has 0 aromatic heterocycles. The minimum Gasteiger partial charge on any atom is -1.00 e. The first-order chi connectivity index (χ1) is 3.66. The second-order valence-electron chi connectivity index (χ2n) is 1.38. The average molecular weight is 141 g/mol. The van der Waals surface area contributed by atoms with Crippen LogP contribution in [0.2, 0.25) is 0 Å². The second-order valence-corrected chi connectivity index (χ2v) is 1.38. The van der Waals surface area contributed by atoms with Gasteiger partial charge in [-0.3, -0.25) is 14.9 Å². The van der Waals surface area contributed by atoms with Crippen molar-refractivity contribution in [2.24, 2.45) is 0 Å². The number of carbonyl (C=O) groups is 1. The third kappa shape index (κ3) is 8.07. The Balaban J connectivity index is -0.000000245. The van der Waals surface area contributed by atoms with Gasteiger partial charge in [0.25, 0.3) is 6.54 Å². The van der Waals surface area contributed by atoms with E-state index in [0.29, 0.717) is 0 Å². The Morgan fingerprint density at radius 2 is 2.22 bits per heavy atom. The van der Waals surface area contributed by atoms with Crippen LogP contribution in [0.15, 0.2) is 0 Å². The maximum Gasteiger partial charge on any atom is 1.00 e. The van der Waals surface area contributed by atoms with Crippen LogP contribution in [0.25, 0.3) is 0 Å². The Hall–Kier alpha value is 0.0700. The Labute approximate surface area is 76.5 Å². The number of ketones is 1. The maximum absolute atomic E-state index is 10.2. The number of Topliss-reactive ketones (excluding diaryl/α,β-unsaturated/α-hetero) is 1. The summed E-state index contributed by atoms with van der Waals surface area (Å²) < 4.78 is 0. The summed E-state index contributed by atoms with van der Waals surface area (Å²) in [4.78, 5) is 19.1. The minimum absolute atomic E-state index is 0. The normalized spacial score (nSPS) is 7.67. The quantitative estimate of drug-likeness (QED) is 0.245. The van der Waals surface area contributed by atoms with Crippen LogP contribution in [0.1, 0.15) is 14.8 Å². The van der Waals surface area contributed by atoms with Gasteiger partial charge in [-0.15, -0.1) is 0 Å². The van der Waals surface area contributed by atoms with Crippen LogP contribution >= 0.6 is 0 Å². The zero-order chi connectivity index (χ0) is 6.57. The molecule has 0 amide bonds. The summed E-state index contributed by atoms with van der Waals surface area (Å²) in [5.41, 5.74) is 0. The van der Waals surface area contributed by atoms with Crippen LogP contribution in [-0.2, 0) is 4.79 Å². The topological polar surface area (TPSA) is 60.2 Å². The molecule has 9 heavy (non-hydrogen) atoms. The van der Waals surface area contributed by atoms with E-state index in [1.54, 1.807) is 6.92 Å². The summed E-state index contributed by atoms with van der Waals surface area (Å²) in [5.74, 6) is -0.324. The average Bonchev–Trinajstić information content (AvgIpc) is 1.65. The van der Waals surface area contributed by atoms with Gasteiger partial charge in [0.1, 0.15) is 0 Å². The Kier molecular flexibility index (Phi) is 8.13. The van der Waals surface area contributed by atoms with Crippen molar-refractivity contribution in [2.75, 3.05) is 6.54 Å². The molecule has 0 atom stereocenters. The minimum atomic E-state index is -0.619. The number of carbonyl (C=O) groups excluding carboxylic acids is 1. The maximum atomic E-state index is 10.2. The van der Waals surface area contributed by atoms with Crippen molar-refractivity contribution < 1.29 is 40.7 Å². The first kappa shape index (κ1) is 11.8. The molecule has 0 heterocycles. The van der Waals surface area contributed by atoms with Crippen LogP contribution < -0.4 is 29.6 Å². The molecule has 0 N–H and O–H groups in total. The third-order valence-electron chi connectivity index (χ3n) is 0.700. The van der Waals surface area contributed by atoms with Crippen molar-refractivity contribution in [1.82, 2.24) is 0 Å². The second kappa shape index (κ2) is 6.19. The predicted molar refractivity (Wildman–Crippen MR) is 28.3 cm³/mol. The molecule has 0 saturated heterocycles. The summed E-state index contributed by atoms with van der Waals surface area (Å²) in [6, 6.07) is 0. The van der Waals surface area contributed by atoms with Gasteiger partial charge in [-0.1, -0.05) is 6.92 Å². The standard InChI is InChI=1S/C4H7NO3.Na.H/c1-2-4(6)3-5(7)8;;/h2-3H2,1H3;;/q;+1;-1. The summed E-state index contributed by atoms with van der Waals surface area (Å²) >= 11 is 0. The van der Waals surface area contributed by atoms with Crippen molar-refractivity contribution in [3.63, 3.8) is 0 Å². The van der Waals surface area contributed by atoms with E-state index in [1.807, 2.05) is 0 Å². The summed E-state index contributed by atoms with van der Waals surface area (Å²) in [6.45, 7) is 1.07. The molecule has 0 aliphatic carbocycles. The first-order valence-corrected chi connectivity index (χ1v) is 2.30. The van der Waals surface area contributed by atoms with E-state index < -0.39 is 11.5 Å². The van der Waals surface area contributed by atoms with Gasteiger partial charge in [0.15, 0.2) is 0 Å². The third-order valence-corrected chi connectivity index (χ3v) is 0.700. The predicted octanol–water partition coefficient (Wildman–Crippen LogP) is -2.64. The Morgan fingerprint density at radius 3 is 2.33 bits per heavy atom. The summed E-state index contributed by atoms with van der Waals surface area (Å²) in [6.07, 6.45) is 0.251. The summed E-state index contributed by atoms with van der Waals surface area (Å²) in [7, 11) is 0. The van der Waals surface area contributed by atoms with E-state index in [0.717, 1.165) is 0 Å². The molecular formula is C4H8NNaO3. The van der Waals surface area contributed by atoms with Crippen LogP contribution in [0.5, 0.6) is 0 Å². The number of rotatable bonds is 3. The SMILES string of the molecule is CCC(=O)C[N+](=O)[O-].[H-].[Na+]. The zero-order valence-corrected chi connectivity index (χ0v) is 7.59. The van der Waals surface area contributed by atoms with E-state index in [1.165, 1.54) is 0 Å². The van der Waals surface area contributed by atoms with Gasteiger partial charge >= 0.3 is 29.6 Å². The van der Waals surface area contributed by atoms with Crippen molar-refractivity contribution in [3.8, 4) is 0 Å². The van der Waals surface area contributed by atoms with Crippen molar-refractivity contribution in [1.29, 1.82) is 0 Å².